The number of imidazole rings is 1. The van der Waals surface area contributed by atoms with Crippen LogP contribution in [0.15, 0.2) is 30.6 Å². The lowest BCUT2D eigenvalue weighted by Crippen LogP contribution is -2.42. The Morgan fingerprint density at radius 3 is 2.67 bits per heavy atom. The molecule has 0 bridgehead atoms. The van der Waals surface area contributed by atoms with Gasteiger partial charge in [-0.3, -0.25) is 9.20 Å². The minimum absolute atomic E-state index is 0.0284. The van der Waals surface area contributed by atoms with Crippen LogP contribution in [0.1, 0.15) is 48.9 Å². The van der Waals surface area contributed by atoms with Crippen LogP contribution in [0.2, 0.25) is 0 Å². The highest BCUT2D eigenvalue weighted by molar-refractivity contribution is 6.14. The van der Waals surface area contributed by atoms with E-state index in [1.807, 2.05) is 59.0 Å². The predicted molar refractivity (Wildman–Crippen MR) is 150 cm³/mol. The summed E-state index contributed by atoms with van der Waals surface area (Å²) in [5.74, 6) is 0.398. The van der Waals surface area contributed by atoms with Crippen molar-refractivity contribution in [2.24, 2.45) is 0 Å². The van der Waals surface area contributed by atoms with E-state index in [0.29, 0.717) is 29.5 Å². The van der Waals surface area contributed by atoms with E-state index in [1.54, 1.807) is 22.5 Å². The average Bonchev–Trinajstić information content (AvgIpc) is 3.58. The molecule has 1 unspecified atom stereocenters. The lowest BCUT2D eigenvalue weighted by atomic mass is 10.1. The summed E-state index contributed by atoms with van der Waals surface area (Å²) in [7, 11) is 3.31. The van der Waals surface area contributed by atoms with E-state index in [1.165, 1.54) is 7.11 Å². The molecule has 0 radical (unpaired) electrons. The number of aromatic nitrogens is 4. The van der Waals surface area contributed by atoms with E-state index in [9.17, 15) is 9.59 Å². The molecule has 0 aliphatic carbocycles. The molecule has 0 saturated carbocycles. The molecular formula is C28H35N7O4. The molecule has 1 atom stereocenters. The fourth-order valence-corrected chi connectivity index (χ4v) is 5.04. The number of amides is 2. The fraction of sp³-hybridized carbons (Fsp3) is 0.429. The Kier molecular flexibility index (Phi) is 6.61. The number of rotatable bonds is 5. The van der Waals surface area contributed by atoms with Crippen LogP contribution in [0.4, 0.5) is 16.3 Å². The van der Waals surface area contributed by atoms with Gasteiger partial charge in [-0.25, -0.2) is 9.78 Å². The van der Waals surface area contributed by atoms with Crippen LogP contribution in [-0.2, 0) is 4.74 Å². The highest BCUT2D eigenvalue weighted by Gasteiger charge is 2.32. The van der Waals surface area contributed by atoms with Gasteiger partial charge in [-0.15, -0.1) is 0 Å². The van der Waals surface area contributed by atoms with Crippen LogP contribution in [0.5, 0.6) is 5.88 Å². The summed E-state index contributed by atoms with van der Waals surface area (Å²) < 4.78 is 12.7. The van der Waals surface area contributed by atoms with Crippen LogP contribution >= 0.6 is 0 Å². The van der Waals surface area contributed by atoms with E-state index in [-0.39, 0.29) is 18.0 Å². The Hall–Kier alpha value is -4.28. The standard InChI is InChI=1S/C28H35N7O4/c1-16-12-20-21(34-11-10-18(14-34)33(6)27(37)39-28(3,4)5)9-8-19(23(20)29-16)25(36)31-22-15-35-13-17(2)30-24(35)26(32-22)38-7/h8-9,12-13,15,18,29H,10-11,14H2,1-7H3,(H,31,36). The topological polar surface area (TPSA) is 117 Å². The lowest BCUT2D eigenvalue weighted by Gasteiger charge is -2.29. The summed E-state index contributed by atoms with van der Waals surface area (Å²) in [6.07, 6.45) is 4.07. The van der Waals surface area contributed by atoms with Gasteiger partial charge in [-0.2, -0.15) is 4.98 Å². The van der Waals surface area contributed by atoms with Crippen molar-refractivity contribution in [3.05, 3.63) is 47.5 Å². The second-order valence-corrected chi connectivity index (χ2v) is 11.1. The normalized spacial score (nSPS) is 15.7. The third-order valence-electron chi connectivity index (χ3n) is 6.85. The number of carbonyl (C=O) groups excluding carboxylic acids is 2. The van der Waals surface area contributed by atoms with Gasteiger partial charge < -0.3 is 29.6 Å². The van der Waals surface area contributed by atoms with Crippen molar-refractivity contribution in [1.29, 1.82) is 0 Å². The molecule has 11 heteroatoms. The Morgan fingerprint density at radius 1 is 1.18 bits per heavy atom. The maximum Gasteiger partial charge on any atom is 0.410 e. The maximum atomic E-state index is 13.4. The van der Waals surface area contributed by atoms with Crippen molar-refractivity contribution < 1.29 is 19.1 Å². The summed E-state index contributed by atoms with van der Waals surface area (Å²) in [5, 5.41) is 3.86. The first kappa shape index (κ1) is 26.3. The monoisotopic (exact) mass is 533 g/mol. The number of likely N-dealkylation sites (N-methyl/N-ethyl adjacent to an activating group) is 1. The van der Waals surface area contributed by atoms with Gasteiger partial charge in [0.2, 0.25) is 5.65 Å². The number of nitrogens with zero attached hydrogens (tertiary/aromatic N) is 5. The van der Waals surface area contributed by atoms with Gasteiger partial charge in [-0.05, 0) is 59.2 Å². The molecule has 1 aliphatic heterocycles. The number of hydrogen-bond acceptors (Lipinski definition) is 7. The molecule has 2 amide bonds. The van der Waals surface area contributed by atoms with Crippen LogP contribution < -0.4 is 15.0 Å². The van der Waals surface area contributed by atoms with Gasteiger partial charge in [0.25, 0.3) is 11.8 Å². The number of ether oxygens (including phenoxy) is 2. The van der Waals surface area contributed by atoms with E-state index < -0.39 is 5.60 Å². The minimum atomic E-state index is -0.543. The number of nitrogens with one attached hydrogen (secondary N) is 2. The van der Waals surface area contributed by atoms with Gasteiger partial charge in [0.1, 0.15) is 5.60 Å². The van der Waals surface area contributed by atoms with Gasteiger partial charge in [-0.1, -0.05) is 0 Å². The molecule has 1 fully saturated rings. The van der Waals surface area contributed by atoms with Crippen LogP contribution in [0.3, 0.4) is 0 Å². The molecule has 1 saturated heterocycles. The molecule has 39 heavy (non-hydrogen) atoms. The summed E-state index contributed by atoms with van der Waals surface area (Å²) in [6.45, 7) is 10.9. The lowest BCUT2D eigenvalue weighted by molar-refractivity contribution is 0.0237. The maximum absolute atomic E-state index is 13.4. The zero-order chi connectivity index (χ0) is 28.1. The molecule has 206 valence electrons. The Bertz CT molecular complexity index is 1570. The van der Waals surface area contributed by atoms with Crippen molar-refractivity contribution in [1.82, 2.24) is 24.3 Å². The Morgan fingerprint density at radius 2 is 1.95 bits per heavy atom. The van der Waals surface area contributed by atoms with Gasteiger partial charge in [0.15, 0.2) is 5.82 Å². The molecule has 5 rings (SSSR count). The van der Waals surface area contributed by atoms with E-state index in [4.69, 9.17) is 9.47 Å². The number of aromatic amines is 1. The Balaban J connectivity index is 1.39. The molecule has 0 spiro atoms. The predicted octanol–water partition coefficient (Wildman–Crippen LogP) is 4.53. The second kappa shape index (κ2) is 9.79. The van der Waals surface area contributed by atoms with E-state index in [0.717, 1.165) is 40.9 Å². The molecule has 4 aromatic rings. The number of anilines is 2. The molecule has 3 aromatic heterocycles. The first-order valence-corrected chi connectivity index (χ1v) is 13.0. The van der Waals surface area contributed by atoms with Gasteiger partial charge in [0, 0.05) is 43.1 Å². The first-order valence-electron chi connectivity index (χ1n) is 13.0. The number of carbonyl (C=O) groups is 2. The van der Waals surface area contributed by atoms with Crippen molar-refractivity contribution in [3.63, 3.8) is 0 Å². The number of methoxy groups -OCH3 is 1. The SMILES string of the molecule is COc1nc(NC(=O)c2ccc(N3CCC(N(C)C(=O)OC(C)(C)C)C3)c3cc(C)[nH]c23)cn2cc(C)nc12. The van der Waals surface area contributed by atoms with Crippen molar-refractivity contribution in [2.75, 3.05) is 37.5 Å². The number of H-pyrrole nitrogens is 1. The largest absolute Gasteiger partial charge is 0.478 e. The third-order valence-corrected chi connectivity index (χ3v) is 6.85. The molecule has 1 aliphatic rings. The van der Waals surface area contributed by atoms with Gasteiger partial charge in [0.05, 0.1) is 36.1 Å². The molecule has 11 nitrogen and oxygen atoms in total. The van der Waals surface area contributed by atoms with E-state index >= 15 is 0 Å². The summed E-state index contributed by atoms with van der Waals surface area (Å²) in [6, 6.07) is 5.87. The summed E-state index contributed by atoms with van der Waals surface area (Å²) in [4.78, 5) is 42.2. The fourth-order valence-electron chi connectivity index (χ4n) is 5.04. The van der Waals surface area contributed by atoms with Crippen molar-refractivity contribution in [2.45, 2.75) is 52.7 Å². The molecule has 4 heterocycles. The Labute approximate surface area is 227 Å². The highest BCUT2D eigenvalue weighted by atomic mass is 16.6. The zero-order valence-corrected chi connectivity index (χ0v) is 23.5. The molecular weight excluding hydrogens is 498 g/mol. The number of fused-ring (bicyclic) bond motifs is 2. The van der Waals surface area contributed by atoms with E-state index in [2.05, 4.69) is 25.2 Å². The van der Waals surface area contributed by atoms with Crippen LogP contribution in [0, 0.1) is 13.8 Å². The molecule has 1 aromatic carbocycles. The molecule has 2 N–H and O–H groups in total. The third kappa shape index (κ3) is 5.21. The average molecular weight is 534 g/mol. The summed E-state index contributed by atoms with van der Waals surface area (Å²) in [5.41, 5.74) is 4.08. The second-order valence-electron chi connectivity index (χ2n) is 11.1. The smallest absolute Gasteiger partial charge is 0.410 e. The van der Waals surface area contributed by atoms with Crippen molar-refractivity contribution in [3.8, 4) is 5.88 Å². The number of benzene rings is 1. The van der Waals surface area contributed by atoms with Crippen LogP contribution in [0.25, 0.3) is 16.6 Å². The number of aryl methyl sites for hydroxylation is 2. The number of hydrogen-bond donors (Lipinski definition) is 2. The first-order chi connectivity index (χ1) is 18.4. The van der Waals surface area contributed by atoms with Crippen LogP contribution in [-0.4, -0.2) is 75.1 Å². The highest BCUT2D eigenvalue weighted by Crippen LogP contribution is 2.33. The van der Waals surface area contributed by atoms with Gasteiger partial charge >= 0.3 is 6.09 Å². The van der Waals surface area contributed by atoms with Crippen molar-refractivity contribution >= 4 is 40.1 Å². The minimum Gasteiger partial charge on any atom is -0.478 e. The quantitative estimate of drug-likeness (QED) is 0.387. The zero-order valence-electron chi connectivity index (χ0n) is 23.5. The summed E-state index contributed by atoms with van der Waals surface area (Å²) >= 11 is 0.